The van der Waals surface area contributed by atoms with Crippen molar-refractivity contribution >= 4 is 5.78 Å². The molecule has 4 rings (SSSR count). The van der Waals surface area contributed by atoms with E-state index < -0.39 is 0 Å². The Hall–Kier alpha value is -0.850. The van der Waals surface area contributed by atoms with E-state index in [9.17, 15) is 4.79 Å². The van der Waals surface area contributed by atoms with Crippen molar-refractivity contribution in [3.8, 4) is 0 Å². The Labute approximate surface area is 91.2 Å². The van der Waals surface area contributed by atoms with Gasteiger partial charge in [-0.05, 0) is 40.0 Å². The van der Waals surface area contributed by atoms with Crippen LogP contribution in [-0.2, 0) is 4.79 Å². The summed E-state index contributed by atoms with van der Waals surface area (Å²) in [6.45, 7) is 8.75. The van der Waals surface area contributed by atoms with E-state index in [-0.39, 0.29) is 5.92 Å². The smallest absolute Gasteiger partial charge is 0.144 e. The van der Waals surface area contributed by atoms with Gasteiger partial charge in [-0.3, -0.25) is 4.79 Å². The van der Waals surface area contributed by atoms with Crippen molar-refractivity contribution in [3.63, 3.8) is 0 Å². The predicted molar refractivity (Wildman–Crippen MR) is 60.3 cm³/mol. The minimum absolute atomic E-state index is 0.287. The standard InChI is InChI=1S/C14H18O/c1-6(2)10-8-5-9-12(10)11(7(3)4)13(8)14(9)15/h8-9,12-13H,5H2,1-4H3/t8-,9+,12+,13-/m1/s1. The molecule has 4 aliphatic carbocycles. The highest BCUT2D eigenvalue weighted by molar-refractivity contribution is 5.97. The lowest BCUT2D eigenvalue weighted by atomic mass is 9.90. The van der Waals surface area contributed by atoms with Crippen LogP contribution in [0.2, 0.25) is 0 Å². The SMILES string of the molecule is CC(C)=C1[C@@H]2C(=C(C)C)[C@H]3C[C@@H]2C(=O)[C@@H]13. The highest BCUT2D eigenvalue weighted by Gasteiger charge is 2.65. The number of hydrogen-bond acceptors (Lipinski definition) is 1. The molecule has 1 heteroatoms. The Morgan fingerprint density at radius 1 is 0.933 bits per heavy atom. The van der Waals surface area contributed by atoms with Crippen LogP contribution in [0, 0.1) is 23.7 Å². The van der Waals surface area contributed by atoms with Gasteiger partial charge in [-0.15, -0.1) is 0 Å². The molecule has 4 atom stereocenters. The summed E-state index contributed by atoms with van der Waals surface area (Å²) in [6.07, 6.45) is 1.14. The zero-order chi connectivity index (χ0) is 10.9. The predicted octanol–water partition coefficient (Wildman–Crippen LogP) is 3.12. The summed E-state index contributed by atoms with van der Waals surface area (Å²) in [5.41, 5.74) is 5.95. The zero-order valence-corrected chi connectivity index (χ0v) is 9.92. The molecule has 0 amide bonds. The molecule has 4 aliphatic rings. The summed E-state index contributed by atoms with van der Waals surface area (Å²) in [5, 5.41) is 0. The number of carbonyl (C=O) groups is 1. The third-order valence-electron chi connectivity index (χ3n) is 4.54. The van der Waals surface area contributed by atoms with Crippen molar-refractivity contribution in [1.29, 1.82) is 0 Å². The highest BCUT2D eigenvalue weighted by atomic mass is 16.1. The summed E-state index contributed by atoms with van der Waals surface area (Å²) < 4.78 is 0. The average Bonchev–Trinajstić information content (AvgIpc) is 2.78. The topological polar surface area (TPSA) is 17.1 Å². The molecule has 15 heavy (non-hydrogen) atoms. The molecule has 4 fully saturated rings. The van der Waals surface area contributed by atoms with Crippen molar-refractivity contribution in [2.45, 2.75) is 34.1 Å². The van der Waals surface area contributed by atoms with Gasteiger partial charge in [-0.25, -0.2) is 0 Å². The van der Waals surface area contributed by atoms with Gasteiger partial charge in [0.05, 0.1) is 0 Å². The fourth-order valence-electron chi connectivity index (χ4n) is 4.26. The third-order valence-corrected chi connectivity index (χ3v) is 4.54. The first-order valence-electron chi connectivity index (χ1n) is 5.92. The van der Waals surface area contributed by atoms with Crippen LogP contribution in [0.3, 0.4) is 0 Å². The largest absolute Gasteiger partial charge is 0.299 e. The van der Waals surface area contributed by atoms with Gasteiger partial charge in [0.1, 0.15) is 5.78 Å². The Bertz CT molecular complexity index is 417. The lowest BCUT2D eigenvalue weighted by molar-refractivity contribution is -0.122. The van der Waals surface area contributed by atoms with Crippen molar-refractivity contribution in [1.82, 2.24) is 0 Å². The van der Waals surface area contributed by atoms with Crippen LogP contribution in [0.4, 0.5) is 0 Å². The highest BCUT2D eigenvalue weighted by Crippen LogP contribution is 2.67. The van der Waals surface area contributed by atoms with Crippen LogP contribution in [0.25, 0.3) is 0 Å². The first-order valence-corrected chi connectivity index (χ1v) is 5.92. The van der Waals surface area contributed by atoms with Crippen molar-refractivity contribution in [3.05, 3.63) is 22.3 Å². The van der Waals surface area contributed by atoms with Crippen LogP contribution in [0.5, 0.6) is 0 Å². The van der Waals surface area contributed by atoms with Gasteiger partial charge in [-0.1, -0.05) is 22.3 Å². The minimum Gasteiger partial charge on any atom is -0.299 e. The van der Waals surface area contributed by atoms with E-state index >= 15 is 0 Å². The molecule has 0 aromatic carbocycles. The number of carbonyl (C=O) groups excluding carboxylic acids is 1. The van der Waals surface area contributed by atoms with E-state index in [1.807, 2.05) is 0 Å². The average molecular weight is 202 g/mol. The van der Waals surface area contributed by atoms with Crippen molar-refractivity contribution < 1.29 is 4.79 Å². The molecule has 0 heterocycles. The lowest BCUT2D eigenvalue weighted by Gasteiger charge is -2.13. The molecular weight excluding hydrogens is 184 g/mol. The summed E-state index contributed by atoms with van der Waals surface area (Å²) in [5.74, 6) is 2.29. The quantitative estimate of drug-likeness (QED) is 0.551. The van der Waals surface area contributed by atoms with Crippen LogP contribution in [0.15, 0.2) is 22.3 Å². The Morgan fingerprint density at radius 2 is 1.53 bits per heavy atom. The molecular formula is C14H18O. The minimum atomic E-state index is 0.287. The van der Waals surface area contributed by atoms with Crippen molar-refractivity contribution in [2.75, 3.05) is 0 Å². The molecule has 0 aromatic heterocycles. The van der Waals surface area contributed by atoms with Gasteiger partial charge in [0.25, 0.3) is 0 Å². The Morgan fingerprint density at radius 3 is 2.00 bits per heavy atom. The second kappa shape index (κ2) is 2.63. The second-order valence-electron chi connectivity index (χ2n) is 5.72. The van der Waals surface area contributed by atoms with E-state index in [1.54, 1.807) is 5.57 Å². The number of allylic oxidation sites excluding steroid dienone is 4. The first-order chi connectivity index (χ1) is 7.04. The maximum Gasteiger partial charge on any atom is 0.144 e. The zero-order valence-electron chi connectivity index (χ0n) is 9.92. The Kier molecular flexibility index (Phi) is 1.65. The van der Waals surface area contributed by atoms with E-state index in [0.717, 1.165) is 6.42 Å². The molecule has 4 bridgehead atoms. The fourth-order valence-corrected chi connectivity index (χ4v) is 4.26. The van der Waals surface area contributed by atoms with Crippen LogP contribution in [-0.4, -0.2) is 5.78 Å². The number of Topliss-reactive ketones (excluding diaryl/α,β-unsaturated/α-hetero) is 1. The summed E-state index contributed by atoms with van der Waals surface area (Å²) in [7, 11) is 0. The summed E-state index contributed by atoms with van der Waals surface area (Å²) in [6, 6.07) is 0. The summed E-state index contributed by atoms with van der Waals surface area (Å²) in [4.78, 5) is 12.0. The van der Waals surface area contributed by atoms with Gasteiger partial charge in [0.2, 0.25) is 0 Å². The fraction of sp³-hybridized carbons (Fsp3) is 0.643. The molecule has 0 N–H and O–H groups in total. The molecule has 4 saturated carbocycles. The van der Waals surface area contributed by atoms with Crippen LogP contribution < -0.4 is 0 Å². The van der Waals surface area contributed by atoms with Gasteiger partial charge in [0.15, 0.2) is 0 Å². The number of hydrogen-bond donors (Lipinski definition) is 0. The van der Waals surface area contributed by atoms with Crippen LogP contribution in [0.1, 0.15) is 34.1 Å². The second-order valence-corrected chi connectivity index (χ2v) is 5.72. The molecule has 0 radical (unpaired) electrons. The van der Waals surface area contributed by atoms with Crippen molar-refractivity contribution in [2.24, 2.45) is 23.7 Å². The van der Waals surface area contributed by atoms with E-state index in [1.165, 1.54) is 16.7 Å². The maximum atomic E-state index is 12.0. The van der Waals surface area contributed by atoms with Gasteiger partial charge < -0.3 is 0 Å². The first kappa shape index (κ1) is 9.38. The molecule has 0 spiro atoms. The van der Waals surface area contributed by atoms with Gasteiger partial charge in [-0.2, -0.15) is 0 Å². The van der Waals surface area contributed by atoms with Gasteiger partial charge >= 0.3 is 0 Å². The number of ketones is 1. The molecule has 0 aromatic rings. The number of rotatable bonds is 0. The molecule has 80 valence electrons. The monoisotopic (exact) mass is 202 g/mol. The third kappa shape index (κ3) is 0.878. The Balaban J connectivity index is 2.22. The molecule has 0 saturated heterocycles. The van der Waals surface area contributed by atoms with Crippen LogP contribution >= 0.6 is 0 Å². The maximum absolute atomic E-state index is 12.0. The van der Waals surface area contributed by atoms with E-state index in [2.05, 4.69) is 27.7 Å². The summed E-state index contributed by atoms with van der Waals surface area (Å²) >= 11 is 0. The van der Waals surface area contributed by atoms with Gasteiger partial charge in [0, 0.05) is 17.8 Å². The molecule has 0 unspecified atom stereocenters. The van der Waals surface area contributed by atoms with E-state index in [4.69, 9.17) is 0 Å². The molecule has 1 nitrogen and oxygen atoms in total. The normalized spacial score (nSPS) is 40.9. The molecule has 0 aliphatic heterocycles. The lowest BCUT2D eigenvalue weighted by Crippen LogP contribution is -2.14. The van der Waals surface area contributed by atoms with E-state index in [0.29, 0.717) is 23.5 Å².